The third-order valence-corrected chi connectivity index (χ3v) is 22.0. The van der Waals surface area contributed by atoms with Crippen LogP contribution in [0.2, 0.25) is 0 Å². The van der Waals surface area contributed by atoms with Crippen LogP contribution in [-0.2, 0) is 0 Å². The molecule has 0 unspecified atom stereocenters. The highest BCUT2D eigenvalue weighted by Gasteiger charge is 2.32. The Bertz CT molecular complexity index is 13200. The molecule has 6 heterocycles. The Morgan fingerprint density at radius 1 is 0.172 bits per heavy atom. The zero-order valence-electron chi connectivity index (χ0n) is 136. The van der Waals surface area contributed by atoms with Crippen LogP contribution < -0.4 is 0 Å². The Morgan fingerprint density at radius 3 is 0.821 bits per heavy atom. The summed E-state index contributed by atoms with van der Waals surface area (Å²) in [4.78, 5) is 17.6. The summed E-state index contributed by atoms with van der Waals surface area (Å²) in [6.45, 7) is 0. The van der Waals surface area contributed by atoms with Gasteiger partial charge in [0, 0.05) is 89.5 Å². The highest BCUT2D eigenvalue weighted by atomic mass is 16.3. The second-order valence-electron chi connectivity index (χ2n) is 29.2. The molecule has 0 aliphatic carbocycles. The summed E-state index contributed by atoms with van der Waals surface area (Å²) in [5, 5.41) is -7.92. The molecule has 0 fully saturated rings. The van der Waals surface area contributed by atoms with Gasteiger partial charge in [0.05, 0.1) is 127 Å². The largest absolute Gasteiger partial charge is 0.455 e. The lowest BCUT2D eigenvalue weighted by molar-refractivity contribution is 0.599. The van der Waals surface area contributed by atoms with E-state index in [4.69, 9.17) is 61.8 Å². The number of fused-ring (bicyclic) bond motifs is 12. The molecule has 0 amide bonds. The van der Waals surface area contributed by atoms with Gasteiger partial charge in [0.25, 0.3) is 0 Å². The van der Waals surface area contributed by atoms with Crippen molar-refractivity contribution >= 4 is 108 Å². The number of furan rings is 2. The van der Waals surface area contributed by atoms with E-state index in [9.17, 15) is 45.2 Å². The normalized spacial score (nSPS) is 18.7. The monoisotopic (exact) mass is 1770 g/mol. The summed E-state index contributed by atoms with van der Waals surface area (Å²) < 4.78 is 639. The molecular weight excluding hydrogens is 1630 g/mol. The van der Waals surface area contributed by atoms with Crippen LogP contribution in [-0.4, -0.2) is 19.9 Å². The minimum atomic E-state index is -1.18. The lowest BCUT2D eigenvalue weighted by atomic mass is 9.85. The highest BCUT2D eigenvalue weighted by Crippen LogP contribution is 2.57. The van der Waals surface area contributed by atoms with E-state index in [1.165, 1.54) is 66.7 Å². The molecule has 6 heteroatoms. The molecule has 0 saturated heterocycles. The van der Waals surface area contributed by atoms with Gasteiger partial charge in [-0.1, -0.05) is 441 Å². The lowest BCUT2D eigenvalue weighted by Crippen LogP contribution is -1.92. The van der Waals surface area contributed by atoms with Crippen LogP contribution in [0.5, 0.6) is 0 Å². The number of hydrogen-bond acceptors (Lipinski definition) is 6. The van der Waals surface area contributed by atoms with Crippen LogP contribution in [0.1, 0.15) is 93.2 Å². The second-order valence-corrected chi connectivity index (χ2v) is 29.2. The topological polar surface area (TPSA) is 77.8 Å². The Balaban J connectivity index is 0.000000195. The summed E-state index contributed by atoms with van der Waals surface area (Å²) in [6.07, 6.45) is -1.38. The van der Waals surface area contributed by atoms with E-state index in [2.05, 4.69) is 15.0 Å². The molecule has 0 aliphatic rings. The fourth-order valence-corrected chi connectivity index (χ4v) is 16.5. The van der Waals surface area contributed by atoms with E-state index in [0.29, 0.717) is 0 Å². The zero-order valence-corrected chi connectivity index (χ0v) is 67.5. The Kier molecular flexibility index (Phi) is 8.85. The van der Waals surface area contributed by atoms with Crippen molar-refractivity contribution in [1.29, 1.82) is 0 Å². The van der Waals surface area contributed by atoms with E-state index in [1.807, 2.05) is 0 Å². The first-order chi connectivity index (χ1) is 94.8. The fraction of sp³-hybridized carbons (Fsp3) is 0. The molecule has 6 aromatic heterocycles. The molecule has 0 bridgehead atoms. The molecule has 624 valence electrons. The van der Waals surface area contributed by atoms with Gasteiger partial charge < -0.3 is 8.83 Å². The van der Waals surface area contributed by atoms with E-state index < -0.39 is 577 Å². The SMILES string of the molecule is [2H]c1nc2c(c([2H])c1[2H])c([2H])c([2H])c1c([2H])c([2H])c(-c3ccc(-c4c([2H])c([2H])c(-c5c(-c6c([2H])c([2H])c([2H])c([2H])c6[2H])oc(-c6c7c([2H])c([2H])c([2H])c([2H])c7c(-c7c([2H])c([2H])c([2H])c([2H])c7[2H])c7c([2H])c([2H])c([2H])c([2H])c67)c5-c5c([2H])c([2H])c([2H])c([2H])c5[2H])c([2H])c4[2H])c4ccccc34)nc12.[2H]c1nc2c(c([2H])c1[2H])c([2H])c([2H])c1c([2H])c([2H])c(-c3ccc(-c4c([2H])c([2H])c([2H])c(-c5oc(-c6c7c([2H])c([2H])c([2H])c([2H])c7c(-c7c([2H])c([2H])c([2H])c([2H])c7[2H])c7c([2H])c([2H])c([2H])c([2H])c67)c(-c6c([2H])c([2H])c([2H])c([2H])c6[2H])c5-c5c([2H])c([2H])c([2H])c([2H])c5[2H])c4[2H])c4ccccc34)nc12. The molecule has 0 spiro atoms. The Hall–Kier alpha value is -17.8. The number of benzene rings is 20. The minimum Gasteiger partial charge on any atom is -0.455 e. The summed E-state index contributed by atoms with van der Waals surface area (Å²) in [5.74, 6) is -4.41. The smallest absolute Gasteiger partial charge is 0.144 e. The van der Waals surface area contributed by atoms with Crippen LogP contribution in [0.3, 0.4) is 0 Å². The first-order valence-corrected chi connectivity index (χ1v) is 40.1. The molecule has 20 aromatic carbocycles. The molecule has 0 saturated carbocycles. The van der Waals surface area contributed by atoms with Crippen molar-refractivity contribution in [2.75, 3.05) is 0 Å². The van der Waals surface area contributed by atoms with Crippen molar-refractivity contribution in [3.63, 3.8) is 0 Å². The first kappa shape index (κ1) is 35.6. The molecule has 26 aromatic rings. The molecular formula is C128H80N4O2. The van der Waals surface area contributed by atoms with Gasteiger partial charge >= 0.3 is 0 Å². The average molecular weight is 1770 g/mol. The summed E-state index contributed by atoms with van der Waals surface area (Å²) in [7, 11) is 0. The predicted molar refractivity (Wildman–Crippen MR) is 560 cm³/mol. The van der Waals surface area contributed by atoms with Gasteiger partial charge in [-0.15, -0.1) is 0 Å². The molecule has 0 N–H and O–H groups in total. The average Bonchev–Trinajstić information content (AvgIpc) is 1.40. The van der Waals surface area contributed by atoms with Gasteiger partial charge in [0.15, 0.2) is 0 Å². The van der Waals surface area contributed by atoms with Gasteiger partial charge in [-0.25, -0.2) is 9.97 Å². The Morgan fingerprint density at radius 2 is 0.440 bits per heavy atom. The maximum absolute atomic E-state index is 10.4. The van der Waals surface area contributed by atoms with Gasteiger partial charge in [-0.3, -0.25) is 9.97 Å². The highest BCUT2D eigenvalue weighted by molar-refractivity contribution is 6.25. The van der Waals surface area contributed by atoms with Crippen LogP contribution in [0, 0.1) is 0 Å². The van der Waals surface area contributed by atoms with Crippen molar-refractivity contribution in [2.45, 2.75) is 0 Å². The van der Waals surface area contributed by atoms with Crippen LogP contribution in [0.4, 0.5) is 0 Å². The van der Waals surface area contributed by atoms with Crippen LogP contribution in [0.15, 0.2) is 493 Å². The molecule has 0 aliphatic heterocycles. The van der Waals surface area contributed by atoms with Crippen molar-refractivity contribution < 1.29 is 102 Å². The molecule has 134 heavy (non-hydrogen) atoms. The van der Waals surface area contributed by atoms with E-state index in [-0.39, 0.29) is 98.8 Å². The van der Waals surface area contributed by atoms with Gasteiger partial charge in [0.2, 0.25) is 0 Å². The van der Waals surface area contributed by atoms with Crippen LogP contribution in [0.25, 0.3) is 265 Å². The fourth-order valence-electron chi connectivity index (χ4n) is 16.5. The standard InChI is InChI=1S/2C64H40N2O/c1-4-18-41(19-5-1)57-52-29-12-14-31-54(52)60(55-32-15-13-30-53(55)57)64-59(43-22-8-3-9-23-43)58(42-20-6-2-7-21-42)63(67-64)47-25-16-24-46(40-47)48-36-37-51(50-28-11-10-27-49(48)50)56-38-35-45-34-33-44-26-17-39-65-61(44)62(45)66-56;1-4-17-42(18-5-1)57-52-26-12-14-28-54(52)60(55-29-15-13-27-53(55)57)64-59(43-19-6-2-7-20-43)58(63(67-64)47-21-8-3-9-22-47)44-32-30-41(31-33-44)48-37-38-51(50-25-11-10-24-49(48)50)56-39-36-46-35-34-45-23-16-40-65-61(45)62(46)66-56/h2*1-40H/i1D,2D,3D,4D,5D,6D,7D,8D,9D,12D,13D,14D,15D,16D,17D,18D,19D,20D,21D,22D,23D,24D,25D,26D,29D,30D,31D,32D,33D,34D,35D,38D,39D,40D;1D,2D,3D,4D,5D,6D,7D,8D,9D,12D,13D,14D,15D,16D,17D,18D,19D,20D,21D,22D,23D,26D,27D,28D,29D,30D,31D,32D,33D,34D,35D,36D,39D,40D. The second kappa shape index (κ2) is 33.3. The van der Waals surface area contributed by atoms with Gasteiger partial charge in [-0.05, 0) is 162 Å². The number of pyridine rings is 4. The summed E-state index contributed by atoms with van der Waals surface area (Å²) in [5.41, 5.74) is -18.1. The summed E-state index contributed by atoms with van der Waals surface area (Å²) >= 11 is 0. The van der Waals surface area contributed by atoms with Gasteiger partial charge in [-0.2, -0.15) is 0 Å². The lowest BCUT2D eigenvalue weighted by Gasteiger charge is -2.17. The predicted octanol–water partition coefficient (Wildman–Crippen LogP) is 35.0. The molecule has 26 rings (SSSR count). The third-order valence-electron chi connectivity index (χ3n) is 22.0. The van der Waals surface area contributed by atoms with Crippen molar-refractivity contribution in [3.8, 4) is 157 Å². The van der Waals surface area contributed by atoms with E-state index in [0.717, 1.165) is 0 Å². The first-order valence-electron chi connectivity index (χ1n) is 74.1. The molecule has 6 nitrogen and oxygen atoms in total. The maximum Gasteiger partial charge on any atom is 0.144 e. The van der Waals surface area contributed by atoms with Crippen molar-refractivity contribution in [1.82, 2.24) is 19.9 Å². The Labute approximate surface area is 869 Å². The summed E-state index contributed by atoms with van der Waals surface area (Å²) in [6, 6.07) is -48.6. The molecule has 0 radical (unpaired) electrons. The van der Waals surface area contributed by atoms with E-state index >= 15 is 0 Å². The minimum absolute atomic E-state index is 0.0468. The number of rotatable bonds is 14. The van der Waals surface area contributed by atoms with Crippen LogP contribution >= 0.6 is 0 Å². The van der Waals surface area contributed by atoms with Gasteiger partial charge in [0.1, 0.15) is 23.0 Å². The third kappa shape index (κ3) is 13.6. The van der Waals surface area contributed by atoms with E-state index in [1.54, 1.807) is 6.07 Å². The molecule has 0 atom stereocenters. The number of nitrogens with zero attached hydrogens (tertiary/aromatic N) is 4. The number of aromatic nitrogens is 4. The van der Waals surface area contributed by atoms with Crippen molar-refractivity contribution in [3.05, 3.63) is 484 Å². The number of hydrogen-bond donors (Lipinski definition) is 0. The van der Waals surface area contributed by atoms with Crippen molar-refractivity contribution in [2.24, 2.45) is 0 Å². The quantitative estimate of drug-likeness (QED) is 0.0797. The maximum atomic E-state index is 10.4. The zero-order chi connectivity index (χ0) is 148.